The summed E-state index contributed by atoms with van der Waals surface area (Å²) in [6, 6.07) is 16.5. The van der Waals surface area contributed by atoms with Crippen molar-refractivity contribution in [3.8, 4) is 0 Å². The Bertz CT molecular complexity index is 1080. The van der Waals surface area contributed by atoms with Crippen LogP contribution in [0, 0.1) is 0 Å². The first-order valence-corrected chi connectivity index (χ1v) is 8.39. The van der Waals surface area contributed by atoms with Crippen LogP contribution in [0.5, 0.6) is 0 Å². The van der Waals surface area contributed by atoms with Gasteiger partial charge in [-0.1, -0.05) is 36.4 Å². The third-order valence-electron chi connectivity index (χ3n) is 3.86. The molecule has 0 spiro atoms. The molecule has 0 aliphatic heterocycles. The van der Waals surface area contributed by atoms with Crippen LogP contribution in [-0.2, 0) is 4.74 Å². The second kappa shape index (κ2) is 6.07. The molecule has 0 saturated carbocycles. The molecule has 0 atom stereocenters. The van der Waals surface area contributed by atoms with Gasteiger partial charge in [0.15, 0.2) is 5.76 Å². The molecule has 1 amide bonds. The summed E-state index contributed by atoms with van der Waals surface area (Å²) in [6.45, 7) is 0. The molecule has 124 valence electrons. The van der Waals surface area contributed by atoms with Crippen LogP contribution in [0.15, 0.2) is 59.0 Å². The Morgan fingerprint density at radius 3 is 2.64 bits per heavy atom. The number of thiophene rings is 1. The molecule has 0 fully saturated rings. The van der Waals surface area contributed by atoms with Crippen LogP contribution in [0.4, 0.5) is 5.00 Å². The van der Waals surface area contributed by atoms with Gasteiger partial charge in [-0.15, -0.1) is 11.3 Å². The SMILES string of the molecule is COC(=O)c1c(NC(=O)c2cc3ccccc3o2)sc2ccccc12. The van der Waals surface area contributed by atoms with Crippen molar-refractivity contribution in [3.63, 3.8) is 0 Å². The third-order valence-corrected chi connectivity index (χ3v) is 4.95. The van der Waals surface area contributed by atoms with Crippen molar-refractivity contribution in [1.29, 1.82) is 0 Å². The maximum Gasteiger partial charge on any atom is 0.341 e. The number of hydrogen-bond acceptors (Lipinski definition) is 5. The van der Waals surface area contributed by atoms with Gasteiger partial charge < -0.3 is 14.5 Å². The van der Waals surface area contributed by atoms with Crippen molar-refractivity contribution in [2.75, 3.05) is 12.4 Å². The monoisotopic (exact) mass is 351 g/mol. The van der Waals surface area contributed by atoms with Gasteiger partial charge in [0.25, 0.3) is 5.91 Å². The molecule has 2 aromatic carbocycles. The van der Waals surface area contributed by atoms with E-state index in [4.69, 9.17) is 9.15 Å². The van der Waals surface area contributed by atoms with E-state index in [1.807, 2.05) is 42.5 Å². The first-order valence-electron chi connectivity index (χ1n) is 7.57. The Kier molecular flexibility index (Phi) is 3.74. The van der Waals surface area contributed by atoms with Crippen molar-refractivity contribution >= 4 is 49.3 Å². The minimum atomic E-state index is -0.489. The van der Waals surface area contributed by atoms with E-state index in [-0.39, 0.29) is 5.76 Å². The first kappa shape index (κ1) is 15.4. The summed E-state index contributed by atoms with van der Waals surface area (Å²) in [7, 11) is 1.32. The van der Waals surface area contributed by atoms with E-state index >= 15 is 0 Å². The molecular weight excluding hydrogens is 338 g/mol. The highest BCUT2D eigenvalue weighted by atomic mass is 32.1. The average molecular weight is 351 g/mol. The number of para-hydroxylation sites is 1. The average Bonchev–Trinajstić information content (AvgIpc) is 3.22. The molecule has 4 rings (SSSR count). The fraction of sp³-hybridized carbons (Fsp3) is 0.0526. The first-order chi connectivity index (χ1) is 12.2. The van der Waals surface area contributed by atoms with Crippen molar-refractivity contribution in [1.82, 2.24) is 0 Å². The van der Waals surface area contributed by atoms with E-state index in [0.29, 0.717) is 16.1 Å². The molecular formula is C19H13NO4S. The molecule has 0 radical (unpaired) electrons. The molecule has 1 N–H and O–H groups in total. The fourth-order valence-electron chi connectivity index (χ4n) is 2.70. The molecule has 0 aliphatic carbocycles. The number of methoxy groups -OCH3 is 1. The Hall–Kier alpha value is -3.12. The number of anilines is 1. The van der Waals surface area contributed by atoms with Gasteiger partial charge in [0.2, 0.25) is 0 Å². The summed E-state index contributed by atoms with van der Waals surface area (Å²) in [5, 5.41) is 4.81. The summed E-state index contributed by atoms with van der Waals surface area (Å²) < 4.78 is 11.3. The number of benzene rings is 2. The lowest BCUT2D eigenvalue weighted by Gasteiger charge is -2.04. The quantitative estimate of drug-likeness (QED) is 0.544. The summed E-state index contributed by atoms with van der Waals surface area (Å²) in [6.07, 6.45) is 0. The number of esters is 1. The molecule has 0 bridgehead atoms. The number of carbonyl (C=O) groups excluding carboxylic acids is 2. The predicted molar refractivity (Wildman–Crippen MR) is 97.3 cm³/mol. The fourth-order valence-corrected chi connectivity index (χ4v) is 3.78. The van der Waals surface area contributed by atoms with Crippen LogP contribution in [0.1, 0.15) is 20.9 Å². The maximum absolute atomic E-state index is 12.6. The van der Waals surface area contributed by atoms with Crippen LogP contribution in [0.3, 0.4) is 0 Å². The number of fused-ring (bicyclic) bond motifs is 2. The highest BCUT2D eigenvalue weighted by Crippen LogP contribution is 2.36. The second-order valence-electron chi connectivity index (χ2n) is 5.40. The third kappa shape index (κ3) is 2.66. The minimum absolute atomic E-state index is 0.189. The highest BCUT2D eigenvalue weighted by Gasteiger charge is 2.22. The van der Waals surface area contributed by atoms with Gasteiger partial charge in [0, 0.05) is 15.5 Å². The number of carbonyl (C=O) groups is 2. The van der Waals surface area contributed by atoms with Gasteiger partial charge in [-0.3, -0.25) is 4.79 Å². The van der Waals surface area contributed by atoms with Crippen LogP contribution < -0.4 is 5.32 Å². The smallest absolute Gasteiger partial charge is 0.341 e. The standard InChI is InChI=1S/C19H13NO4S/c1-23-19(22)16-12-7-3-5-9-15(12)25-18(16)20-17(21)14-10-11-6-2-4-8-13(11)24-14/h2-10H,1H3,(H,20,21). The lowest BCUT2D eigenvalue weighted by atomic mass is 10.1. The van der Waals surface area contributed by atoms with E-state index < -0.39 is 11.9 Å². The number of rotatable bonds is 3. The van der Waals surface area contributed by atoms with E-state index in [9.17, 15) is 9.59 Å². The van der Waals surface area contributed by atoms with Crippen molar-refractivity contribution < 1.29 is 18.7 Å². The molecule has 6 heteroatoms. The summed E-state index contributed by atoms with van der Waals surface area (Å²) in [5.74, 6) is -0.709. The number of hydrogen-bond donors (Lipinski definition) is 1. The van der Waals surface area contributed by atoms with Crippen molar-refractivity contribution in [3.05, 3.63) is 65.9 Å². The Morgan fingerprint density at radius 1 is 1.08 bits per heavy atom. The molecule has 0 unspecified atom stereocenters. The number of amides is 1. The lowest BCUT2D eigenvalue weighted by Crippen LogP contribution is -2.13. The van der Waals surface area contributed by atoms with E-state index in [0.717, 1.165) is 15.5 Å². The minimum Gasteiger partial charge on any atom is -0.465 e. The summed E-state index contributed by atoms with van der Waals surface area (Å²) in [5.41, 5.74) is 0.991. The molecule has 2 heterocycles. The predicted octanol–water partition coefficient (Wildman–Crippen LogP) is 4.69. The van der Waals surface area contributed by atoms with Crippen molar-refractivity contribution in [2.45, 2.75) is 0 Å². The Balaban J connectivity index is 1.74. The Labute approximate surface area is 146 Å². The largest absolute Gasteiger partial charge is 0.465 e. The summed E-state index contributed by atoms with van der Waals surface area (Å²) in [4.78, 5) is 24.8. The van der Waals surface area contributed by atoms with Crippen LogP contribution >= 0.6 is 11.3 Å². The normalized spacial score (nSPS) is 10.9. The zero-order chi connectivity index (χ0) is 17.4. The van der Waals surface area contributed by atoms with Crippen LogP contribution in [0.2, 0.25) is 0 Å². The molecule has 4 aromatic rings. The number of ether oxygens (including phenoxy) is 1. The zero-order valence-electron chi connectivity index (χ0n) is 13.2. The number of nitrogens with one attached hydrogen (secondary N) is 1. The summed E-state index contributed by atoms with van der Waals surface area (Å²) >= 11 is 1.32. The van der Waals surface area contributed by atoms with E-state index in [2.05, 4.69) is 5.32 Å². The van der Waals surface area contributed by atoms with Crippen molar-refractivity contribution in [2.24, 2.45) is 0 Å². The highest BCUT2D eigenvalue weighted by molar-refractivity contribution is 7.23. The Morgan fingerprint density at radius 2 is 1.84 bits per heavy atom. The van der Waals surface area contributed by atoms with Crippen LogP contribution in [-0.4, -0.2) is 19.0 Å². The molecule has 2 aromatic heterocycles. The molecule has 5 nitrogen and oxygen atoms in total. The van der Waals surface area contributed by atoms with E-state index in [1.165, 1.54) is 18.4 Å². The topological polar surface area (TPSA) is 68.5 Å². The molecule has 0 aliphatic rings. The van der Waals surface area contributed by atoms with Gasteiger partial charge in [0.1, 0.15) is 16.1 Å². The second-order valence-corrected chi connectivity index (χ2v) is 6.45. The van der Waals surface area contributed by atoms with Gasteiger partial charge >= 0.3 is 5.97 Å². The maximum atomic E-state index is 12.6. The van der Waals surface area contributed by atoms with Gasteiger partial charge in [-0.05, 0) is 18.2 Å². The van der Waals surface area contributed by atoms with E-state index in [1.54, 1.807) is 12.1 Å². The van der Waals surface area contributed by atoms with Crippen LogP contribution in [0.25, 0.3) is 21.1 Å². The molecule has 25 heavy (non-hydrogen) atoms. The van der Waals surface area contributed by atoms with Gasteiger partial charge in [-0.25, -0.2) is 4.79 Å². The molecule has 0 saturated heterocycles. The van der Waals surface area contributed by atoms with Gasteiger partial charge in [-0.2, -0.15) is 0 Å². The lowest BCUT2D eigenvalue weighted by molar-refractivity contribution is 0.0604. The van der Waals surface area contributed by atoms with Gasteiger partial charge in [0.05, 0.1) is 7.11 Å². The number of furan rings is 1. The zero-order valence-corrected chi connectivity index (χ0v) is 14.1.